The monoisotopic (exact) mass is 436 g/mol. The third kappa shape index (κ3) is 6.83. The summed E-state index contributed by atoms with van der Waals surface area (Å²) in [6.07, 6.45) is 1.37. The Labute approximate surface area is 155 Å². The van der Waals surface area contributed by atoms with Crippen molar-refractivity contribution in [2.75, 3.05) is 33.2 Å². The van der Waals surface area contributed by atoms with Gasteiger partial charge >= 0.3 is 0 Å². The summed E-state index contributed by atoms with van der Waals surface area (Å²) in [5, 5.41) is 8.87. The van der Waals surface area contributed by atoms with E-state index in [0.29, 0.717) is 0 Å². The average Bonchev–Trinajstić information content (AvgIpc) is 2.94. The highest BCUT2D eigenvalue weighted by molar-refractivity contribution is 14.0. The SMILES string of the molecule is CN=C(NCCN1CC(C)CC(C)C1)NCc1cccs1.I. The van der Waals surface area contributed by atoms with E-state index >= 15 is 0 Å². The largest absolute Gasteiger partial charge is 0.355 e. The van der Waals surface area contributed by atoms with E-state index in [2.05, 4.69) is 51.9 Å². The van der Waals surface area contributed by atoms with Crippen molar-refractivity contribution in [1.82, 2.24) is 15.5 Å². The van der Waals surface area contributed by atoms with Crippen LogP contribution < -0.4 is 10.6 Å². The van der Waals surface area contributed by atoms with E-state index in [-0.39, 0.29) is 24.0 Å². The van der Waals surface area contributed by atoms with Crippen molar-refractivity contribution in [2.45, 2.75) is 26.8 Å². The maximum Gasteiger partial charge on any atom is 0.191 e. The lowest BCUT2D eigenvalue weighted by Crippen LogP contribution is -2.45. The summed E-state index contributed by atoms with van der Waals surface area (Å²) in [5.74, 6) is 2.54. The Hall–Kier alpha value is -0.340. The fourth-order valence-electron chi connectivity index (χ4n) is 3.11. The highest BCUT2D eigenvalue weighted by Gasteiger charge is 2.21. The van der Waals surface area contributed by atoms with Crippen molar-refractivity contribution in [2.24, 2.45) is 16.8 Å². The summed E-state index contributed by atoms with van der Waals surface area (Å²) in [7, 11) is 1.83. The van der Waals surface area contributed by atoms with Crippen LogP contribution in [0.4, 0.5) is 0 Å². The van der Waals surface area contributed by atoms with E-state index in [4.69, 9.17) is 0 Å². The van der Waals surface area contributed by atoms with Crippen LogP contribution >= 0.6 is 35.3 Å². The van der Waals surface area contributed by atoms with Gasteiger partial charge in [-0.1, -0.05) is 19.9 Å². The Morgan fingerprint density at radius 2 is 2.05 bits per heavy atom. The lowest BCUT2D eigenvalue weighted by Gasteiger charge is -2.35. The maximum atomic E-state index is 4.28. The van der Waals surface area contributed by atoms with Crippen molar-refractivity contribution < 1.29 is 0 Å². The topological polar surface area (TPSA) is 39.7 Å². The number of aliphatic imine (C=N–C) groups is 1. The smallest absolute Gasteiger partial charge is 0.191 e. The van der Waals surface area contributed by atoms with E-state index in [1.54, 1.807) is 11.3 Å². The molecule has 1 aromatic heterocycles. The normalized spacial score (nSPS) is 23.0. The number of hydrogen-bond donors (Lipinski definition) is 2. The summed E-state index contributed by atoms with van der Waals surface area (Å²) in [6, 6.07) is 4.22. The van der Waals surface area contributed by atoms with Gasteiger partial charge in [0.25, 0.3) is 0 Å². The second-order valence-electron chi connectivity index (χ2n) is 6.14. The van der Waals surface area contributed by atoms with Gasteiger partial charge in [-0.25, -0.2) is 0 Å². The molecule has 22 heavy (non-hydrogen) atoms. The maximum absolute atomic E-state index is 4.28. The fourth-order valence-corrected chi connectivity index (χ4v) is 3.76. The quantitative estimate of drug-likeness (QED) is 0.424. The van der Waals surface area contributed by atoms with Crippen molar-refractivity contribution in [3.05, 3.63) is 22.4 Å². The zero-order chi connectivity index (χ0) is 15.1. The van der Waals surface area contributed by atoms with E-state index in [0.717, 1.165) is 37.4 Å². The molecule has 0 aliphatic carbocycles. The Morgan fingerprint density at radius 1 is 1.32 bits per heavy atom. The molecule has 2 N–H and O–H groups in total. The van der Waals surface area contributed by atoms with Crippen LogP contribution in [0.2, 0.25) is 0 Å². The molecule has 2 rings (SSSR count). The number of halogens is 1. The highest BCUT2D eigenvalue weighted by atomic mass is 127. The number of guanidine groups is 1. The van der Waals surface area contributed by atoms with Crippen LogP contribution in [0.25, 0.3) is 0 Å². The average molecular weight is 436 g/mol. The third-order valence-electron chi connectivity index (χ3n) is 3.90. The summed E-state index contributed by atoms with van der Waals surface area (Å²) >= 11 is 1.77. The van der Waals surface area contributed by atoms with Crippen LogP contribution in [0, 0.1) is 11.8 Å². The minimum atomic E-state index is 0. The van der Waals surface area contributed by atoms with Gasteiger partial charge in [0.1, 0.15) is 0 Å². The first-order valence-electron chi connectivity index (χ1n) is 7.86. The molecule has 2 atom stereocenters. The minimum Gasteiger partial charge on any atom is -0.355 e. The number of likely N-dealkylation sites (tertiary alicyclic amines) is 1. The van der Waals surface area contributed by atoms with E-state index in [1.807, 2.05) is 7.05 Å². The zero-order valence-electron chi connectivity index (χ0n) is 13.8. The van der Waals surface area contributed by atoms with Gasteiger partial charge in [-0.3, -0.25) is 4.99 Å². The molecule has 0 spiro atoms. The van der Waals surface area contributed by atoms with E-state index in [1.165, 1.54) is 24.4 Å². The first-order chi connectivity index (χ1) is 10.2. The van der Waals surface area contributed by atoms with Crippen molar-refractivity contribution in [3.8, 4) is 0 Å². The molecule has 2 heterocycles. The van der Waals surface area contributed by atoms with Gasteiger partial charge in [-0.15, -0.1) is 35.3 Å². The molecule has 0 radical (unpaired) electrons. The minimum absolute atomic E-state index is 0. The number of nitrogens with one attached hydrogen (secondary N) is 2. The molecule has 1 fully saturated rings. The molecule has 0 amide bonds. The lowest BCUT2D eigenvalue weighted by atomic mass is 9.92. The molecule has 0 saturated carbocycles. The van der Waals surface area contributed by atoms with Crippen molar-refractivity contribution in [3.63, 3.8) is 0 Å². The molecule has 1 aliphatic rings. The van der Waals surface area contributed by atoms with Gasteiger partial charge < -0.3 is 15.5 Å². The molecule has 0 aromatic carbocycles. The third-order valence-corrected chi connectivity index (χ3v) is 4.78. The van der Waals surface area contributed by atoms with Gasteiger partial charge in [0.05, 0.1) is 6.54 Å². The Kier molecular flexibility index (Phi) is 9.35. The summed E-state index contributed by atoms with van der Waals surface area (Å²) in [5.41, 5.74) is 0. The van der Waals surface area contributed by atoms with Gasteiger partial charge in [0, 0.05) is 38.1 Å². The molecule has 0 bridgehead atoms. The molecule has 1 saturated heterocycles. The number of rotatable bonds is 5. The van der Waals surface area contributed by atoms with Crippen LogP contribution in [-0.4, -0.2) is 44.1 Å². The molecule has 4 nitrogen and oxygen atoms in total. The van der Waals surface area contributed by atoms with Crippen LogP contribution in [-0.2, 0) is 6.54 Å². The van der Waals surface area contributed by atoms with Crippen LogP contribution in [0.5, 0.6) is 0 Å². The highest BCUT2D eigenvalue weighted by Crippen LogP contribution is 2.20. The molecule has 1 aromatic rings. The molecule has 6 heteroatoms. The molecule has 1 aliphatic heterocycles. The molecule has 126 valence electrons. The van der Waals surface area contributed by atoms with E-state index in [9.17, 15) is 0 Å². The lowest BCUT2D eigenvalue weighted by molar-refractivity contribution is 0.143. The zero-order valence-corrected chi connectivity index (χ0v) is 17.0. The van der Waals surface area contributed by atoms with Crippen molar-refractivity contribution in [1.29, 1.82) is 0 Å². The van der Waals surface area contributed by atoms with Gasteiger partial charge in [-0.05, 0) is 29.7 Å². The molecular formula is C16H29IN4S. The Balaban J connectivity index is 0.00000242. The number of thiophene rings is 1. The fraction of sp³-hybridized carbons (Fsp3) is 0.688. The first kappa shape index (κ1) is 19.7. The predicted molar refractivity (Wildman–Crippen MR) is 107 cm³/mol. The van der Waals surface area contributed by atoms with Crippen LogP contribution in [0.1, 0.15) is 25.1 Å². The number of hydrogen-bond acceptors (Lipinski definition) is 3. The Bertz CT molecular complexity index is 425. The van der Waals surface area contributed by atoms with Crippen molar-refractivity contribution >= 4 is 41.3 Å². The van der Waals surface area contributed by atoms with Crippen LogP contribution in [0.15, 0.2) is 22.5 Å². The standard InChI is InChI=1S/C16H28N4S.HI/c1-13-9-14(2)12-20(11-13)7-6-18-16(17-3)19-10-15-5-4-8-21-15;/h4-5,8,13-14H,6-7,9-12H2,1-3H3,(H2,17,18,19);1H. The number of nitrogens with zero attached hydrogens (tertiary/aromatic N) is 2. The second kappa shape index (κ2) is 10.4. The Morgan fingerprint density at radius 3 is 2.64 bits per heavy atom. The van der Waals surface area contributed by atoms with Gasteiger partial charge in [0.15, 0.2) is 5.96 Å². The second-order valence-corrected chi connectivity index (χ2v) is 7.17. The van der Waals surface area contributed by atoms with Gasteiger partial charge in [-0.2, -0.15) is 0 Å². The molecular weight excluding hydrogens is 407 g/mol. The van der Waals surface area contributed by atoms with Crippen LogP contribution in [0.3, 0.4) is 0 Å². The number of piperidine rings is 1. The van der Waals surface area contributed by atoms with E-state index < -0.39 is 0 Å². The summed E-state index contributed by atoms with van der Waals surface area (Å²) in [4.78, 5) is 8.18. The summed E-state index contributed by atoms with van der Waals surface area (Å²) in [6.45, 7) is 10.1. The summed E-state index contributed by atoms with van der Waals surface area (Å²) < 4.78 is 0. The van der Waals surface area contributed by atoms with Gasteiger partial charge in [0.2, 0.25) is 0 Å². The predicted octanol–water partition coefficient (Wildman–Crippen LogP) is 3.01. The molecule has 2 unspecified atom stereocenters. The first-order valence-corrected chi connectivity index (χ1v) is 8.74.